The lowest BCUT2D eigenvalue weighted by Crippen LogP contribution is -2.47. The van der Waals surface area contributed by atoms with Crippen LogP contribution in [0.3, 0.4) is 0 Å². The number of nitrogens with one attached hydrogen (secondary N) is 1. The van der Waals surface area contributed by atoms with Crippen molar-refractivity contribution in [3.05, 3.63) is 65.4 Å². The summed E-state index contributed by atoms with van der Waals surface area (Å²) < 4.78 is 31.2. The molecule has 30 heavy (non-hydrogen) atoms. The molecule has 3 aromatic rings. The lowest BCUT2D eigenvalue weighted by molar-refractivity contribution is -0.130. The van der Waals surface area contributed by atoms with Crippen LogP contribution >= 0.6 is 0 Å². The summed E-state index contributed by atoms with van der Waals surface area (Å²) >= 11 is -2.73. The van der Waals surface area contributed by atoms with Crippen LogP contribution in [0.4, 0.5) is 5.69 Å². The number of fused-ring (bicyclic) bond motifs is 3. The van der Waals surface area contributed by atoms with E-state index < -0.39 is 23.2 Å². The van der Waals surface area contributed by atoms with Gasteiger partial charge in [-0.2, -0.15) is 0 Å². The van der Waals surface area contributed by atoms with Crippen molar-refractivity contribution in [3.63, 3.8) is 0 Å². The molecule has 1 heterocycles. The first-order chi connectivity index (χ1) is 14.6. The van der Waals surface area contributed by atoms with Gasteiger partial charge in [0, 0.05) is 34.7 Å². The first-order valence-corrected chi connectivity index (χ1v) is 11.0. The van der Waals surface area contributed by atoms with Crippen LogP contribution in [0.2, 0.25) is 0 Å². The third-order valence-corrected chi connectivity index (χ3v) is 6.39. The highest BCUT2D eigenvalue weighted by Crippen LogP contribution is 2.35. The Hall–Kier alpha value is -2.68. The Kier molecular flexibility index (Phi) is 6.17. The Balaban J connectivity index is 1.67. The molecule has 0 fully saturated rings. The number of aryl methyl sites for hydroxylation is 3. The zero-order chi connectivity index (χ0) is 21.1. The lowest BCUT2D eigenvalue weighted by atomic mass is 9.96. The number of amides is 1. The topological polar surface area (TPSA) is 106 Å². The van der Waals surface area contributed by atoms with Gasteiger partial charge in [0.15, 0.2) is 0 Å². The second-order valence-electron chi connectivity index (χ2n) is 7.45. The van der Waals surface area contributed by atoms with Crippen LogP contribution < -0.4 is 9.79 Å². The van der Waals surface area contributed by atoms with Crippen LogP contribution in [0.15, 0.2) is 52.9 Å². The number of hydrogen-bond donors (Lipinski definition) is 2. The molecule has 1 aliphatic carbocycles. The Morgan fingerprint density at radius 1 is 1.20 bits per heavy atom. The molecule has 1 amide bonds. The van der Waals surface area contributed by atoms with Gasteiger partial charge in [-0.05, 0) is 49.8 Å². The van der Waals surface area contributed by atoms with E-state index in [1.807, 2.05) is 36.4 Å². The van der Waals surface area contributed by atoms with E-state index in [1.165, 1.54) is 5.56 Å². The zero-order valence-corrected chi connectivity index (χ0v) is 17.2. The van der Waals surface area contributed by atoms with Crippen molar-refractivity contribution in [2.75, 3.05) is 4.31 Å². The minimum Gasteiger partial charge on any atom is -0.755 e. The van der Waals surface area contributed by atoms with E-state index in [4.69, 9.17) is 4.42 Å². The number of nitrogens with zero attached hydrogens (tertiary/aromatic N) is 1. The Morgan fingerprint density at radius 2 is 1.97 bits per heavy atom. The van der Waals surface area contributed by atoms with Crippen molar-refractivity contribution >= 4 is 33.8 Å². The molecular formula is C22H23N2O5S-. The van der Waals surface area contributed by atoms with Crippen LogP contribution in [-0.4, -0.2) is 25.9 Å². The van der Waals surface area contributed by atoms with Crippen LogP contribution in [-0.2, 0) is 35.3 Å². The van der Waals surface area contributed by atoms with Gasteiger partial charge in [-0.3, -0.25) is 18.5 Å². The summed E-state index contributed by atoms with van der Waals surface area (Å²) in [5, 5.41) is 10.2. The molecule has 4 rings (SSSR count). The van der Waals surface area contributed by atoms with E-state index in [-0.39, 0.29) is 6.42 Å². The highest BCUT2D eigenvalue weighted by Gasteiger charge is 2.28. The summed E-state index contributed by atoms with van der Waals surface area (Å²) in [5.74, 6) is 0.172. The normalized spacial score (nSPS) is 15.4. The molecule has 2 N–H and O–H groups in total. The third-order valence-electron chi connectivity index (χ3n) is 5.60. The molecule has 7 nitrogen and oxygen atoms in total. The number of anilines is 1. The molecule has 2 atom stereocenters. The number of carbonyl (C=O) groups is 1. The number of hydroxylamine groups is 1. The molecule has 0 aliphatic heterocycles. The number of rotatable bonds is 7. The van der Waals surface area contributed by atoms with Gasteiger partial charge in [0.05, 0.1) is 5.69 Å². The fourth-order valence-electron chi connectivity index (χ4n) is 4.14. The van der Waals surface area contributed by atoms with E-state index >= 15 is 0 Å². The first kappa shape index (κ1) is 20.6. The summed E-state index contributed by atoms with van der Waals surface area (Å²) in [6, 6.07) is 13.6. The molecule has 1 aromatic heterocycles. The van der Waals surface area contributed by atoms with E-state index in [9.17, 15) is 18.8 Å². The molecule has 2 unspecified atom stereocenters. The Bertz CT molecular complexity index is 1070. The van der Waals surface area contributed by atoms with Crippen LogP contribution in [0.25, 0.3) is 11.0 Å². The van der Waals surface area contributed by atoms with Crippen LogP contribution in [0.1, 0.15) is 36.1 Å². The highest BCUT2D eigenvalue weighted by molar-refractivity contribution is 7.80. The van der Waals surface area contributed by atoms with Crippen molar-refractivity contribution in [2.24, 2.45) is 0 Å². The maximum Gasteiger partial charge on any atom is 0.267 e. The molecule has 0 saturated heterocycles. The van der Waals surface area contributed by atoms with Crippen molar-refractivity contribution in [1.82, 2.24) is 5.48 Å². The number of carbonyl (C=O) groups excluding carboxylic acids is 1. The molecule has 2 aromatic carbocycles. The summed E-state index contributed by atoms with van der Waals surface area (Å²) in [6.07, 6.45) is 4.70. The zero-order valence-electron chi connectivity index (χ0n) is 16.4. The SMILES string of the molecule is O=C(NO)C(CCc1ccccc1)N(c1ccc2c3c(oc2c1)CCCC3)S(=O)[O-]. The van der Waals surface area contributed by atoms with E-state index in [0.717, 1.165) is 46.7 Å². The van der Waals surface area contributed by atoms with Crippen LogP contribution in [0.5, 0.6) is 0 Å². The molecule has 0 spiro atoms. The molecule has 0 radical (unpaired) electrons. The smallest absolute Gasteiger partial charge is 0.267 e. The Labute approximate surface area is 177 Å². The first-order valence-electron chi connectivity index (χ1n) is 9.99. The average Bonchev–Trinajstić information content (AvgIpc) is 3.14. The van der Waals surface area contributed by atoms with Gasteiger partial charge < -0.3 is 8.97 Å². The van der Waals surface area contributed by atoms with Gasteiger partial charge in [-0.1, -0.05) is 30.3 Å². The third kappa shape index (κ3) is 4.12. The van der Waals surface area contributed by atoms with Gasteiger partial charge in [-0.25, -0.2) is 5.48 Å². The minimum absolute atomic E-state index is 0.205. The summed E-state index contributed by atoms with van der Waals surface area (Å²) in [5.41, 5.74) is 4.70. The molecule has 0 saturated carbocycles. The Morgan fingerprint density at radius 3 is 2.70 bits per heavy atom. The molecule has 8 heteroatoms. The summed E-state index contributed by atoms with van der Waals surface area (Å²) in [4.78, 5) is 12.4. The molecular weight excluding hydrogens is 404 g/mol. The lowest BCUT2D eigenvalue weighted by Gasteiger charge is -2.33. The second-order valence-corrected chi connectivity index (χ2v) is 8.28. The number of hydrogen-bond acceptors (Lipinski definition) is 5. The maximum absolute atomic E-state index is 12.4. The molecule has 158 valence electrons. The van der Waals surface area contributed by atoms with Crippen molar-refractivity contribution in [2.45, 2.75) is 44.6 Å². The average molecular weight is 428 g/mol. The minimum atomic E-state index is -2.73. The highest BCUT2D eigenvalue weighted by atomic mass is 32.2. The predicted molar refractivity (Wildman–Crippen MR) is 113 cm³/mol. The predicted octanol–water partition coefficient (Wildman–Crippen LogP) is 3.42. The van der Waals surface area contributed by atoms with Crippen molar-refractivity contribution in [3.8, 4) is 0 Å². The number of benzene rings is 2. The quantitative estimate of drug-likeness (QED) is 0.341. The van der Waals surface area contributed by atoms with E-state index in [0.29, 0.717) is 17.7 Å². The van der Waals surface area contributed by atoms with Crippen molar-refractivity contribution in [1.29, 1.82) is 0 Å². The molecule has 0 bridgehead atoms. The molecule has 1 aliphatic rings. The largest absolute Gasteiger partial charge is 0.755 e. The van der Waals surface area contributed by atoms with E-state index in [1.54, 1.807) is 17.6 Å². The second kappa shape index (κ2) is 8.99. The van der Waals surface area contributed by atoms with Gasteiger partial charge in [-0.15, -0.1) is 0 Å². The fraction of sp³-hybridized carbons (Fsp3) is 0.318. The standard InChI is InChI=1S/C22H24N2O5S/c25-22(23-26)19(13-10-15-6-2-1-3-7-15)24(30(27)28)16-11-12-18-17-8-4-5-9-20(17)29-21(18)14-16/h1-3,6-7,11-12,14,19,26H,4-5,8-10,13H2,(H,23,25)(H,27,28)/p-1. The number of furan rings is 1. The van der Waals surface area contributed by atoms with Gasteiger partial charge in [0.2, 0.25) is 0 Å². The summed E-state index contributed by atoms with van der Waals surface area (Å²) in [6.45, 7) is 0. The monoisotopic (exact) mass is 427 g/mol. The van der Waals surface area contributed by atoms with Crippen molar-refractivity contribution < 1.29 is 23.2 Å². The van der Waals surface area contributed by atoms with E-state index in [2.05, 4.69) is 0 Å². The van der Waals surface area contributed by atoms with Gasteiger partial charge >= 0.3 is 0 Å². The van der Waals surface area contributed by atoms with Gasteiger partial charge in [0.25, 0.3) is 5.91 Å². The van der Waals surface area contributed by atoms with Gasteiger partial charge in [0.1, 0.15) is 17.4 Å². The maximum atomic E-state index is 12.4. The summed E-state index contributed by atoms with van der Waals surface area (Å²) in [7, 11) is 0. The fourth-order valence-corrected chi connectivity index (χ4v) is 4.83. The van der Waals surface area contributed by atoms with Crippen LogP contribution in [0, 0.1) is 0 Å².